The monoisotopic (exact) mass is 660 g/mol. The van der Waals surface area contributed by atoms with Gasteiger partial charge < -0.3 is 9.80 Å². The van der Waals surface area contributed by atoms with Gasteiger partial charge in [-0.2, -0.15) is 0 Å². The fourth-order valence-electron chi connectivity index (χ4n) is 6.81. The minimum absolute atomic E-state index is 0.419. The van der Waals surface area contributed by atoms with Gasteiger partial charge in [-0.3, -0.25) is 0 Å². The normalized spacial score (nSPS) is 11.4. The van der Waals surface area contributed by atoms with Crippen molar-refractivity contribution >= 4 is 34.1 Å². The minimum Gasteiger partial charge on any atom is -0.311 e. The van der Waals surface area contributed by atoms with Crippen molar-refractivity contribution in [2.45, 2.75) is 33.1 Å². The van der Waals surface area contributed by atoms with E-state index in [0.717, 1.165) is 40.5 Å². The molecule has 0 saturated heterocycles. The molecule has 7 aromatic carbocycles. The first-order valence-electron chi connectivity index (χ1n) is 17.9. The van der Waals surface area contributed by atoms with Crippen molar-refractivity contribution in [3.8, 4) is 22.3 Å². The van der Waals surface area contributed by atoms with Gasteiger partial charge in [-0.1, -0.05) is 134 Å². The Labute approximate surface area is 303 Å². The average Bonchev–Trinajstić information content (AvgIpc) is 3.20. The van der Waals surface area contributed by atoms with E-state index in [1.54, 1.807) is 0 Å². The summed E-state index contributed by atoms with van der Waals surface area (Å²) in [4.78, 5) is 4.67. The molecule has 2 nitrogen and oxygen atoms in total. The molecule has 1 atom stereocenters. The Bertz CT molecular complexity index is 2060. The Balaban J connectivity index is 1.26. The van der Waals surface area contributed by atoms with Gasteiger partial charge in [0.2, 0.25) is 0 Å². The lowest BCUT2D eigenvalue weighted by Crippen LogP contribution is -2.12. The van der Waals surface area contributed by atoms with Crippen molar-refractivity contribution in [2.24, 2.45) is 0 Å². The third-order valence-corrected chi connectivity index (χ3v) is 9.40. The molecule has 0 aliphatic rings. The van der Waals surface area contributed by atoms with Crippen LogP contribution < -0.4 is 9.80 Å². The highest BCUT2D eigenvalue weighted by Gasteiger charge is 2.17. The summed E-state index contributed by atoms with van der Waals surface area (Å²) in [6.45, 7) is 6.62. The van der Waals surface area contributed by atoms with Crippen LogP contribution in [-0.2, 0) is 0 Å². The maximum absolute atomic E-state index is 2.37. The van der Waals surface area contributed by atoms with Crippen molar-refractivity contribution in [1.29, 1.82) is 0 Å². The Kier molecular flexibility index (Phi) is 10.2. The molecule has 0 heterocycles. The van der Waals surface area contributed by atoms with Gasteiger partial charge >= 0.3 is 0 Å². The van der Waals surface area contributed by atoms with E-state index in [0.29, 0.717) is 5.92 Å². The molecule has 0 spiro atoms. The molecule has 0 aliphatic heterocycles. The second-order valence-corrected chi connectivity index (χ2v) is 13.2. The maximum Gasteiger partial charge on any atom is 0.0463 e. The highest BCUT2D eigenvalue weighted by molar-refractivity contribution is 5.82. The quantitative estimate of drug-likeness (QED) is 0.127. The lowest BCUT2D eigenvalue weighted by molar-refractivity contribution is 0.798. The first kappa shape index (κ1) is 33.4. The van der Waals surface area contributed by atoms with Gasteiger partial charge in [-0.05, 0) is 121 Å². The van der Waals surface area contributed by atoms with Gasteiger partial charge in [0.25, 0.3) is 0 Å². The van der Waals surface area contributed by atoms with E-state index in [9.17, 15) is 0 Å². The fraction of sp³-hybridized carbons (Fsp3) is 0.102. The van der Waals surface area contributed by atoms with Gasteiger partial charge in [0.1, 0.15) is 0 Å². The van der Waals surface area contributed by atoms with Crippen LogP contribution in [0.1, 0.15) is 38.7 Å². The smallest absolute Gasteiger partial charge is 0.0463 e. The van der Waals surface area contributed by atoms with Crippen molar-refractivity contribution < 1.29 is 0 Å². The van der Waals surface area contributed by atoms with E-state index in [4.69, 9.17) is 0 Å². The number of allylic oxidation sites excluding steroid dienone is 2. The van der Waals surface area contributed by atoms with Crippen LogP contribution in [0, 0.1) is 0 Å². The first-order valence-corrected chi connectivity index (χ1v) is 17.9. The predicted octanol–water partition coefficient (Wildman–Crippen LogP) is 14.4. The second kappa shape index (κ2) is 15.6. The lowest BCUT2D eigenvalue weighted by atomic mass is 9.94. The molecule has 1 unspecified atom stereocenters. The third-order valence-electron chi connectivity index (χ3n) is 9.40. The lowest BCUT2D eigenvalue weighted by Gasteiger charge is -2.29. The van der Waals surface area contributed by atoms with Crippen LogP contribution in [0.2, 0.25) is 0 Å². The summed E-state index contributed by atoms with van der Waals surface area (Å²) in [6.07, 6.45) is 3.45. The molecule has 7 aromatic rings. The molecule has 0 fully saturated rings. The van der Waals surface area contributed by atoms with Gasteiger partial charge in [0, 0.05) is 40.0 Å². The summed E-state index contributed by atoms with van der Waals surface area (Å²) in [5.41, 5.74) is 14.2. The van der Waals surface area contributed by atoms with Gasteiger partial charge in [0.05, 0.1) is 0 Å². The number of benzene rings is 7. The Morgan fingerprint density at radius 3 is 1.04 bits per heavy atom. The van der Waals surface area contributed by atoms with Crippen LogP contribution in [0.4, 0.5) is 34.1 Å². The summed E-state index contributed by atoms with van der Waals surface area (Å²) >= 11 is 0. The molecule has 0 N–H and O–H groups in total. The SMILES string of the molecule is CCC(C=C(C)C)c1ccc(N(c2ccccc2)c2ccc(N(c3ccc(-c4ccccc4)cc3)c3ccc(-c4ccccc4)cc3)cc2)cc1. The van der Waals surface area contributed by atoms with Crippen LogP contribution >= 0.6 is 0 Å². The molecule has 250 valence electrons. The highest BCUT2D eigenvalue weighted by Crippen LogP contribution is 2.40. The number of hydrogen-bond donors (Lipinski definition) is 0. The summed E-state index contributed by atoms with van der Waals surface area (Å²) < 4.78 is 0. The Hall–Kier alpha value is -6.12. The van der Waals surface area contributed by atoms with Crippen molar-refractivity contribution in [3.05, 3.63) is 205 Å². The number of para-hydroxylation sites is 1. The van der Waals surface area contributed by atoms with Crippen molar-refractivity contribution in [2.75, 3.05) is 9.80 Å². The largest absolute Gasteiger partial charge is 0.311 e. The molecule has 51 heavy (non-hydrogen) atoms. The number of rotatable bonds is 11. The number of hydrogen-bond acceptors (Lipinski definition) is 2. The topological polar surface area (TPSA) is 6.48 Å². The zero-order chi connectivity index (χ0) is 35.0. The van der Waals surface area contributed by atoms with Crippen LogP contribution in [0.25, 0.3) is 22.3 Å². The molecule has 0 saturated carbocycles. The maximum atomic E-state index is 2.37. The van der Waals surface area contributed by atoms with Crippen molar-refractivity contribution in [3.63, 3.8) is 0 Å². The molecule has 0 bridgehead atoms. The summed E-state index contributed by atoms with van der Waals surface area (Å²) in [6, 6.07) is 67.5. The Morgan fingerprint density at radius 1 is 0.392 bits per heavy atom. The van der Waals surface area contributed by atoms with Crippen LogP contribution in [0.3, 0.4) is 0 Å². The van der Waals surface area contributed by atoms with Crippen molar-refractivity contribution in [1.82, 2.24) is 0 Å². The molecule has 2 heteroatoms. The zero-order valence-electron chi connectivity index (χ0n) is 29.7. The van der Waals surface area contributed by atoms with E-state index in [1.165, 1.54) is 33.4 Å². The third kappa shape index (κ3) is 7.71. The minimum atomic E-state index is 0.419. The van der Waals surface area contributed by atoms with Crippen LogP contribution in [-0.4, -0.2) is 0 Å². The Morgan fingerprint density at radius 2 is 0.686 bits per heavy atom. The number of anilines is 6. The van der Waals surface area contributed by atoms with E-state index in [-0.39, 0.29) is 0 Å². The van der Waals surface area contributed by atoms with Crippen LogP contribution in [0.15, 0.2) is 200 Å². The van der Waals surface area contributed by atoms with Gasteiger partial charge in [-0.15, -0.1) is 0 Å². The predicted molar refractivity (Wildman–Crippen MR) is 219 cm³/mol. The summed E-state index contributed by atoms with van der Waals surface area (Å²) in [7, 11) is 0. The summed E-state index contributed by atoms with van der Waals surface area (Å²) in [5.74, 6) is 0.419. The standard InChI is InChI=1S/C49H44N2/c1-4-38(36-37(2)3)41-20-26-45(27-21-41)50(44-18-12-7-13-19-44)48-32-34-49(35-33-48)51(46-28-22-42(23-29-46)39-14-8-5-9-15-39)47-30-24-43(25-31-47)40-16-10-6-11-17-40/h5-36,38H,4H2,1-3H3. The summed E-state index contributed by atoms with van der Waals surface area (Å²) in [5, 5.41) is 0. The number of nitrogens with zero attached hydrogens (tertiary/aromatic N) is 2. The molecule has 0 amide bonds. The van der Waals surface area contributed by atoms with Crippen LogP contribution in [0.5, 0.6) is 0 Å². The first-order chi connectivity index (χ1) is 25.1. The molecule has 0 aliphatic carbocycles. The molecule has 7 rings (SSSR count). The highest BCUT2D eigenvalue weighted by atomic mass is 15.2. The van der Waals surface area contributed by atoms with E-state index in [2.05, 4.69) is 225 Å². The second-order valence-electron chi connectivity index (χ2n) is 13.2. The molecular weight excluding hydrogens is 617 g/mol. The van der Waals surface area contributed by atoms with Gasteiger partial charge in [-0.25, -0.2) is 0 Å². The average molecular weight is 661 g/mol. The van der Waals surface area contributed by atoms with E-state index < -0.39 is 0 Å². The van der Waals surface area contributed by atoms with Gasteiger partial charge in [0.15, 0.2) is 0 Å². The fourth-order valence-corrected chi connectivity index (χ4v) is 6.81. The van der Waals surface area contributed by atoms with E-state index in [1.807, 2.05) is 0 Å². The zero-order valence-corrected chi connectivity index (χ0v) is 29.7. The van der Waals surface area contributed by atoms with E-state index >= 15 is 0 Å². The molecule has 0 radical (unpaired) electrons. The molecular formula is C49H44N2. The molecule has 0 aromatic heterocycles.